The summed E-state index contributed by atoms with van der Waals surface area (Å²) in [6.45, 7) is 2.21. The maximum absolute atomic E-state index is 12.5. The number of alkyl halides is 3. The molecule has 0 aliphatic carbocycles. The van der Waals surface area contributed by atoms with Gasteiger partial charge >= 0.3 is 18.1 Å². The average Bonchev–Trinajstić information content (AvgIpc) is 2.94. The minimum atomic E-state index is -5.08. The largest absolute Gasteiger partial charge is 0.507 e. The number of rotatable bonds is 12. The maximum Gasteiger partial charge on any atom is 0.490 e. The number of phenols is 1. The molecule has 0 fully saturated rings. The summed E-state index contributed by atoms with van der Waals surface area (Å²) < 4.78 is 31.7. The van der Waals surface area contributed by atoms with Gasteiger partial charge in [-0.05, 0) is 36.6 Å². The Balaban J connectivity index is 0.000000821. The van der Waals surface area contributed by atoms with Gasteiger partial charge in [0.15, 0.2) is 0 Å². The Morgan fingerprint density at radius 3 is 2.23 bits per heavy atom. The molecule has 1 atom stereocenters. The Morgan fingerprint density at radius 2 is 1.63 bits per heavy atom. The van der Waals surface area contributed by atoms with Gasteiger partial charge in [0, 0.05) is 30.3 Å². The number of aromatic nitrogens is 1. The minimum Gasteiger partial charge on any atom is -0.507 e. The molecule has 230 valence electrons. The van der Waals surface area contributed by atoms with E-state index in [4.69, 9.17) is 9.90 Å². The first-order chi connectivity index (χ1) is 20.3. The highest BCUT2D eigenvalue weighted by molar-refractivity contribution is 5.85. The molecule has 0 bridgehead atoms. The molecule has 43 heavy (non-hydrogen) atoms. The lowest BCUT2D eigenvalue weighted by Crippen LogP contribution is -2.39. The highest BCUT2D eigenvalue weighted by Crippen LogP contribution is 2.36. The minimum absolute atomic E-state index is 0.102. The Labute approximate surface area is 244 Å². The van der Waals surface area contributed by atoms with Gasteiger partial charge in [-0.1, -0.05) is 48.5 Å². The number of halogens is 3. The molecular formula is C29H31F3N4O7. The number of carbonyl (C=O) groups excluding carboxylic acids is 2. The molecule has 0 radical (unpaired) electrons. The summed E-state index contributed by atoms with van der Waals surface area (Å²) in [4.78, 5) is 49.2. The summed E-state index contributed by atoms with van der Waals surface area (Å²) in [6.07, 6.45) is -3.04. The number of carboxylic acid groups (broad SMARTS) is 2. The van der Waals surface area contributed by atoms with Crippen LogP contribution in [-0.2, 0) is 19.2 Å². The van der Waals surface area contributed by atoms with Gasteiger partial charge in [-0.2, -0.15) is 13.2 Å². The van der Waals surface area contributed by atoms with E-state index in [1.807, 2.05) is 49.4 Å². The molecule has 3 aromatic rings. The van der Waals surface area contributed by atoms with E-state index in [1.54, 1.807) is 24.4 Å². The summed E-state index contributed by atoms with van der Waals surface area (Å²) in [5.41, 5.74) is 2.66. The van der Waals surface area contributed by atoms with Crippen molar-refractivity contribution in [2.45, 2.75) is 38.4 Å². The molecule has 0 saturated heterocycles. The number of carboxylic acids is 2. The number of aromatic hydroxyl groups is 1. The van der Waals surface area contributed by atoms with E-state index < -0.39 is 36.5 Å². The van der Waals surface area contributed by atoms with Crippen molar-refractivity contribution in [3.63, 3.8) is 0 Å². The van der Waals surface area contributed by atoms with Gasteiger partial charge in [0.1, 0.15) is 11.6 Å². The third-order valence-electron chi connectivity index (χ3n) is 5.73. The van der Waals surface area contributed by atoms with E-state index in [-0.39, 0.29) is 30.2 Å². The number of para-hydroxylation sites is 1. The van der Waals surface area contributed by atoms with Gasteiger partial charge in [-0.3, -0.25) is 14.4 Å². The van der Waals surface area contributed by atoms with Crippen molar-refractivity contribution in [3.05, 3.63) is 78.0 Å². The van der Waals surface area contributed by atoms with E-state index in [9.17, 15) is 37.8 Å². The van der Waals surface area contributed by atoms with Gasteiger partial charge < -0.3 is 31.3 Å². The zero-order valence-electron chi connectivity index (χ0n) is 23.0. The number of phenolic OH excluding ortho intramolecular Hbond substituents is 1. The van der Waals surface area contributed by atoms with Gasteiger partial charge in [0.2, 0.25) is 11.8 Å². The number of nitrogens with zero attached hydrogens (tertiary/aromatic N) is 1. The predicted octanol–water partition coefficient (Wildman–Crippen LogP) is 4.04. The van der Waals surface area contributed by atoms with Crippen LogP contribution in [-0.4, -0.2) is 63.3 Å². The zero-order chi connectivity index (χ0) is 32.0. The van der Waals surface area contributed by atoms with Crippen LogP contribution < -0.4 is 16.0 Å². The van der Waals surface area contributed by atoms with Crippen molar-refractivity contribution in [2.75, 3.05) is 18.4 Å². The molecule has 1 heterocycles. The lowest BCUT2D eigenvalue weighted by atomic mass is 9.96. The van der Waals surface area contributed by atoms with Crippen LogP contribution in [0.3, 0.4) is 0 Å². The van der Waals surface area contributed by atoms with E-state index in [0.717, 1.165) is 16.9 Å². The van der Waals surface area contributed by atoms with Crippen LogP contribution in [0.1, 0.15) is 36.4 Å². The second-order valence-electron chi connectivity index (χ2n) is 9.16. The number of amides is 2. The third kappa shape index (κ3) is 12.1. The lowest BCUT2D eigenvalue weighted by Gasteiger charge is -2.20. The number of pyridine rings is 1. The van der Waals surface area contributed by atoms with Crippen LogP contribution in [0.25, 0.3) is 11.1 Å². The molecule has 2 amide bonds. The number of anilines is 1. The standard InChI is InChI=1S/C27H30N4O5.C2HF3O2/c1-18-12-14-29-23(15-18)28-13-6-11-24(32)30-17-25(33)31-22(16-26(34)35)21-10-5-9-20(27(21)36)19-7-3-2-4-8-19;3-2(4,5)1(6)7/h2-5,7-10,12,14-15,22,36H,6,11,13,16-17H2,1H3,(H,28,29)(H,30,32)(H,31,33)(H,34,35);(H,6,7). The predicted molar refractivity (Wildman–Crippen MR) is 150 cm³/mol. The first kappa shape index (κ1) is 34.1. The highest BCUT2D eigenvalue weighted by atomic mass is 19.4. The number of aliphatic carboxylic acids is 2. The smallest absolute Gasteiger partial charge is 0.490 e. The molecule has 1 unspecified atom stereocenters. The summed E-state index contributed by atoms with van der Waals surface area (Å²) in [5.74, 6) is -4.11. The van der Waals surface area contributed by atoms with Crippen LogP contribution in [0.5, 0.6) is 5.75 Å². The summed E-state index contributed by atoms with van der Waals surface area (Å²) >= 11 is 0. The molecule has 0 aliphatic rings. The van der Waals surface area contributed by atoms with Gasteiger partial charge in [0.25, 0.3) is 0 Å². The highest BCUT2D eigenvalue weighted by Gasteiger charge is 2.38. The van der Waals surface area contributed by atoms with E-state index in [2.05, 4.69) is 20.9 Å². The number of nitrogens with one attached hydrogen (secondary N) is 3. The molecule has 11 nitrogen and oxygen atoms in total. The number of hydrogen-bond acceptors (Lipinski definition) is 7. The quantitative estimate of drug-likeness (QED) is 0.167. The second kappa shape index (κ2) is 16.3. The Bertz CT molecular complexity index is 1400. The molecule has 6 N–H and O–H groups in total. The first-order valence-electron chi connectivity index (χ1n) is 12.9. The van der Waals surface area contributed by atoms with Crippen LogP contribution in [0.4, 0.5) is 19.0 Å². The number of benzene rings is 2. The molecule has 2 aromatic carbocycles. The molecule has 0 saturated carbocycles. The molecule has 3 rings (SSSR count). The molecule has 0 spiro atoms. The van der Waals surface area contributed by atoms with Crippen molar-refractivity contribution in [1.29, 1.82) is 0 Å². The molecule has 14 heteroatoms. The number of hydrogen-bond donors (Lipinski definition) is 6. The van der Waals surface area contributed by atoms with Gasteiger partial charge in [0.05, 0.1) is 19.0 Å². The lowest BCUT2D eigenvalue weighted by molar-refractivity contribution is -0.192. The van der Waals surface area contributed by atoms with Crippen molar-refractivity contribution in [3.8, 4) is 16.9 Å². The Morgan fingerprint density at radius 1 is 0.953 bits per heavy atom. The van der Waals surface area contributed by atoms with Crippen LogP contribution >= 0.6 is 0 Å². The average molecular weight is 605 g/mol. The summed E-state index contributed by atoms with van der Waals surface area (Å²) in [7, 11) is 0. The van der Waals surface area contributed by atoms with Crippen LogP contribution in [0.2, 0.25) is 0 Å². The summed E-state index contributed by atoms with van der Waals surface area (Å²) in [5, 5.41) is 35.6. The third-order valence-corrected chi connectivity index (χ3v) is 5.73. The zero-order valence-corrected chi connectivity index (χ0v) is 23.0. The fourth-order valence-corrected chi connectivity index (χ4v) is 3.72. The molecular weight excluding hydrogens is 573 g/mol. The summed E-state index contributed by atoms with van der Waals surface area (Å²) in [6, 6.07) is 17.0. The Kier molecular flexibility index (Phi) is 12.9. The monoisotopic (exact) mass is 604 g/mol. The van der Waals surface area contributed by atoms with Crippen molar-refractivity contribution >= 4 is 29.6 Å². The van der Waals surface area contributed by atoms with E-state index >= 15 is 0 Å². The van der Waals surface area contributed by atoms with E-state index in [1.165, 1.54) is 0 Å². The SMILES string of the molecule is Cc1ccnc(NCCCC(=O)NCC(=O)NC(CC(=O)O)c2cccc(-c3ccccc3)c2O)c1.O=C(O)C(F)(F)F. The number of aryl methyl sites for hydroxylation is 1. The first-order valence-corrected chi connectivity index (χ1v) is 12.9. The van der Waals surface area contributed by atoms with Crippen LogP contribution in [0.15, 0.2) is 66.9 Å². The molecule has 1 aromatic heterocycles. The second-order valence-corrected chi connectivity index (χ2v) is 9.16. The normalized spacial score (nSPS) is 11.3. The van der Waals surface area contributed by atoms with Crippen molar-refractivity contribution < 1.29 is 47.7 Å². The fourth-order valence-electron chi connectivity index (χ4n) is 3.72. The fraction of sp³-hybridized carbons (Fsp3) is 0.276. The van der Waals surface area contributed by atoms with Crippen molar-refractivity contribution in [2.24, 2.45) is 0 Å². The topological polar surface area (TPSA) is 178 Å². The number of carbonyl (C=O) groups is 4. The maximum atomic E-state index is 12.5. The van der Waals surface area contributed by atoms with E-state index in [0.29, 0.717) is 18.5 Å². The van der Waals surface area contributed by atoms with Gasteiger partial charge in [-0.25, -0.2) is 9.78 Å². The van der Waals surface area contributed by atoms with Crippen molar-refractivity contribution in [1.82, 2.24) is 15.6 Å². The van der Waals surface area contributed by atoms with Crippen LogP contribution in [0, 0.1) is 6.92 Å². The van der Waals surface area contributed by atoms with Gasteiger partial charge in [-0.15, -0.1) is 0 Å². The Hall–Kier alpha value is -5.14. The molecule has 0 aliphatic heterocycles.